The molecule has 1 aliphatic rings. The van der Waals surface area contributed by atoms with E-state index in [0.717, 1.165) is 13.0 Å². The lowest BCUT2D eigenvalue weighted by Gasteiger charge is -2.33. The molecular weight excluding hydrogens is 230 g/mol. The van der Waals surface area contributed by atoms with Crippen LogP contribution >= 0.6 is 0 Å². The molecule has 0 aliphatic carbocycles. The summed E-state index contributed by atoms with van der Waals surface area (Å²) in [4.78, 5) is 0. The average Bonchev–Trinajstić information content (AvgIpc) is 2.50. The molecule has 1 aliphatic heterocycles. The van der Waals surface area contributed by atoms with Crippen molar-refractivity contribution in [1.29, 1.82) is 0 Å². The lowest BCUT2D eigenvalue weighted by atomic mass is 9.82. The molecule has 2 aromatic carbocycles. The van der Waals surface area contributed by atoms with Gasteiger partial charge in [0.2, 0.25) is 0 Å². The lowest BCUT2D eigenvalue weighted by molar-refractivity contribution is 0.348. The molecule has 0 bridgehead atoms. The van der Waals surface area contributed by atoms with E-state index in [4.69, 9.17) is 0 Å². The molecule has 1 nitrogen and oxygen atoms in total. The number of hydrogen-bond donors (Lipinski definition) is 1. The van der Waals surface area contributed by atoms with Crippen LogP contribution in [0.1, 0.15) is 29.9 Å². The maximum absolute atomic E-state index is 3.72. The second kappa shape index (κ2) is 6.03. The van der Waals surface area contributed by atoms with Crippen LogP contribution in [0, 0.1) is 0 Å². The largest absolute Gasteiger partial charge is 0.313 e. The van der Waals surface area contributed by atoms with Gasteiger partial charge >= 0.3 is 0 Å². The number of rotatable bonds is 3. The van der Waals surface area contributed by atoms with E-state index in [2.05, 4.69) is 66.0 Å². The Morgan fingerprint density at radius 3 is 2.32 bits per heavy atom. The Hall–Kier alpha value is -1.60. The van der Waals surface area contributed by atoms with Crippen LogP contribution in [0.4, 0.5) is 0 Å². The molecule has 19 heavy (non-hydrogen) atoms. The van der Waals surface area contributed by atoms with Gasteiger partial charge < -0.3 is 5.32 Å². The first-order valence-corrected chi connectivity index (χ1v) is 7.26. The molecule has 1 saturated heterocycles. The Morgan fingerprint density at radius 2 is 1.58 bits per heavy atom. The van der Waals surface area contributed by atoms with Crippen LogP contribution in [0.25, 0.3) is 0 Å². The summed E-state index contributed by atoms with van der Waals surface area (Å²) in [6.45, 7) is 1.15. The Labute approximate surface area is 115 Å². The number of nitrogens with one attached hydrogen (secondary N) is 1. The third kappa shape index (κ3) is 3.05. The molecule has 0 aromatic heterocycles. The molecule has 0 amide bonds. The van der Waals surface area contributed by atoms with Gasteiger partial charge in [-0.2, -0.15) is 0 Å². The zero-order valence-electron chi connectivity index (χ0n) is 11.3. The highest BCUT2D eigenvalue weighted by molar-refractivity contribution is 5.24. The highest BCUT2D eigenvalue weighted by Crippen LogP contribution is 2.29. The van der Waals surface area contributed by atoms with E-state index in [9.17, 15) is 0 Å². The number of hydrogen-bond acceptors (Lipinski definition) is 1. The van der Waals surface area contributed by atoms with Crippen LogP contribution in [0.2, 0.25) is 0 Å². The Morgan fingerprint density at radius 1 is 0.895 bits per heavy atom. The van der Waals surface area contributed by atoms with Crippen molar-refractivity contribution in [1.82, 2.24) is 5.32 Å². The van der Waals surface area contributed by atoms with E-state index >= 15 is 0 Å². The molecule has 1 heteroatoms. The predicted octanol–water partition coefficient (Wildman–Crippen LogP) is 3.76. The fourth-order valence-electron chi connectivity index (χ4n) is 3.13. The minimum absolute atomic E-state index is 0.568. The van der Waals surface area contributed by atoms with E-state index in [0.29, 0.717) is 12.0 Å². The molecule has 1 N–H and O–H groups in total. The summed E-state index contributed by atoms with van der Waals surface area (Å²) in [6, 6.07) is 22.4. The third-order valence-electron chi connectivity index (χ3n) is 4.11. The fourth-order valence-corrected chi connectivity index (χ4v) is 3.13. The Bertz CT molecular complexity index is 492. The maximum atomic E-state index is 3.72. The average molecular weight is 251 g/mol. The molecular formula is C18H21N. The topological polar surface area (TPSA) is 12.0 Å². The molecule has 0 unspecified atom stereocenters. The summed E-state index contributed by atoms with van der Waals surface area (Å²) in [6.07, 6.45) is 3.71. The van der Waals surface area contributed by atoms with Crippen molar-refractivity contribution in [2.45, 2.75) is 31.2 Å². The summed E-state index contributed by atoms with van der Waals surface area (Å²) in [7, 11) is 0. The van der Waals surface area contributed by atoms with Crippen LogP contribution in [0.15, 0.2) is 60.7 Å². The zero-order valence-corrected chi connectivity index (χ0v) is 11.3. The minimum Gasteiger partial charge on any atom is -0.313 e. The molecule has 3 rings (SSSR count). The standard InChI is InChI=1S/C18H21N/c1-3-8-15(9-4-1)14-18-17(12-7-13-19-18)16-10-5-2-6-11-16/h1-6,8-11,17-19H,7,12-14H2/t17-,18+/m0/s1. The molecule has 0 spiro atoms. The van der Waals surface area contributed by atoms with Crippen LogP contribution in [-0.2, 0) is 6.42 Å². The van der Waals surface area contributed by atoms with Crippen molar-refractivity contribution in [3.05, 3.63) is 71.8 Å². The summed E-state index contributed by atoms with van der Waals surface area (Å²) in [5, 5.41) is 3.72. The van der Waals surface area contributed by atoms with Crippen molar-refractivity contribution in [3.8, 4) is 0 Å². The van der Waals surface area contributed by atoms with Gasteiger partial charge in [0.25, 0.3) is 0 Å². The first-order valence-electron chi connectivity index (χ1n) is 7.26. The van der Waals surface area contributed by atoms with Crippen molar-refractivity contribution >= 4 is 0 Å². The summed E-state index contributed by atoms with van der Waals surface area (Å²) in [5.74, 6) is 0.648. The first kappa shape index (κ1) is 12.4. The van der Waals surface area contributed by atoms with Crippen molar-refractivity contribution in [2.24, 2.45) is 0 Å². The third-order valence-corrected chi connectivity index (χ3v) is 4.11. The van der Waals surface area contributed by atoms with Crippen molar-refractivity contribution in [2.75, 3.05) is 6.54 Å². The van der Waals surface area contributed by atoms with Gasteiger partial charge in [-0.3, -0.25) is 0 Å². The molecule has 1 fully saturated rings. The van der Waals surface area contributed by atoms with E-state index < -0.39 is 0 Å². The summed E-state index contributed by atoms with van der Waals surface area (Å²) >= 11 is 0. The highest BCUT2D eigenvalue weighted by atomic mass is 14.9. The normalized spacial score (nSPS) is 23.2. The van der Waals surface area contributed by atoms with Crippen LogP contribution < -0.4 is 5.32 Å². The number of benzene rings is 2. The van der Waals surface area contributed by atoms with E-state index in [1.807, 2.05) is 0 Å². The van der Waals surface area contributed by atoms with Gasteiger partial charge in [0.05, 0.1) is 0 Å². The minimum atomic E-state index is 0.568. The maximum Gasteiger partial charge on any atom is 0.0176 e. The molecule has 1 heterocycles. The van der Waals surface area contributed by atoms with Gasteiger partial charge in [0, 0.05) is 6.04 Å². The summed E-state index contributed by atoms with van der Waals surface area (Å²) in [5.41, 5.74) is 2.92. The van der Waals surface area contributed by atoms with E-state index in [-0.39, 0.29) is 0 Å². The van der Waals surface area contributed by atoms with Gasteiger partial charge in [-0.15, -0.1) is 0 Å². The second-order valence-electron chi connectivity index (χ2n) is 5.41. The Kier molecular flexibility index (Phi) is 3.95. The van der Waals surface area contributed by atoms with Crippen LogP contribution in [0.3, 0.4) is 0 Å². The van der Waals surface area contributed by atoms with Gasteiger partial charge in [0.1, 0.15) is 0 Å². The molecule has 0 saturated carbocycles. The van der Waals surface area contributed by atoms with Crippen LogP contribution in [0.5, 0.6) is 0 Å². The van der Waals surface area contributed by atoms with Gasteiger partial charge in [0.15, 0.2) is 0 Å². The van der Waals surface area contributed by atoms with E-state index in [1.165, 1.54) is 24.0 Å². The highest BCUT2D eigenvalue weighted by Gasteiger charge is 2.25. The molecule has 2 aromatic rings. The fraction of sp³-hybridized carbons (Fsp3) is 0.333. The number of piperidine rings is 1. The quantitative estimate of drug-likeness (QED) is 0.875. The van der Waals surface area contributed by atoms with Crippen LogP contribution in [-0.4, -0.2) is 12.6 Å². The Balaban J connectivity index is 1.78. The first-order chi connectivity index (χ1) is 9.43. The predicted molar refractivity (Wildman–Crippen MR) is 80.4 cm³/mol. The second-order valence-corrected chi connectivity index (χ2v) is 5.41. The van der Waals surface area contributed by atoms with E-state index in [1.54, 1.807) is 0 Å². The van der Waals surface area contributed by atoms with Gasteiger partial charge in [-0.25, -0.2) is 0 Å². The summed E-state index contributed by atoms with van der Waals surface area (Å²) < 4.78 is 0. The van der Waals surface area contributed by atoms with Crippen molar-refractivity contribution < 1.29 is 0 Å². The van der Waals surface area contributed by atoms with Gasteiger partial charge in [-0.1, -0.05) is 60.7 Å². The lowest BCUT2D eigenvalue weighted by Crippen LogP contribution is -2.41. The molecule has 0 radical (unpaired) electrons. The smallest absolute Gasteiger partial charge is 0.0176 e. The monoisotopic (exact) mass is 251 g/mol. The van der Waals surface area contributed by atoms with Gasteiger partial charge in [-0.05, 0) is 42.9 Å². The van der Waals surface area contributed by atoms with Crippen molar-refractivity contribution in [3.63, 3.8) is 0 Å². The SMILES string of the molecule is c1ccc(C[C@H]2NCCC[C@H]2c2ccccc2)cc1. The molecule has 98 valence electrons. The zero-order chi connectivity index (χ0) is 12.9. The molecule has 2 atom stereocenters.